The number of benzene rings is 1. The molecule has 6 nitrogen and oxygen atoms in total. The molecular formula is C24H36N2O4. The molecule has 0 aliphatic carbocycles. The average Bonchev–Trinajstić information content (AvgIpc) is 2.58. The molecule has 1 aromatic rings. The van der Waals surface area contributed by atoms with Gasteiger partial charge in [-0.2, -0.15) is 0 Å². The second kappa shape index (κ2) is 10.9. The molecule has 0 fully saturated rings. The van der Waals surface area contributed by atoms with Crippen molar-refractivity contribution < 1.29 is 19.1 Å². The minimum atomic E-state index is -0.638. The third kappa shape index (κ3) is 10.1. The van der Waals surface area contributed by atoms with E-state index in [9.17, 15) is 9.59 Å². The average molecular weight is 417 g/mol. The van der Waals surface area contributed by atoms with Crippen LogP contribution in [0.3, 0.4) is 0 Å². The van der Waals surface area contributed by atoms with E-state index in [1.54, 1.807) is 26.8 Å². The van der Waals surface area contributed by atoms with Crippen molar-refractivity contribution >= 4 is 12.2 Å². The first kappa shape index (κ1) is 25.3. The molecule has 0 spiro atoms. The Morgan fingerprint density at radius 1 is 1.07 bits per heavy atom. The van der Waals surface area contributed by atoms with Gasteiger partial charge in [-0.15, -0.1) is 6.58 Å². The van der Waals surface area contributed by atoms with Crippen LogP contribution >= 0.6 is 0 Å². The van der Waals surface area contributed by atoms with Crippen molar-refractivity contribution in [1.29, 1.82) is 0 Å². The highest BCUT2D eigenvalue weighted by atomic mass is 16.6. The zero-order chi connectivity index (χ0) is 22.9. The van der Waals surface area contributed by atoms with Gasteiger partial charge in [-0.05, 0) is 59.1 Å². The third-order valence-corrected chi connectivity index (χ3v) is 3.86. The van der Waals surface area contributed by atoms with Crippen LogP contribution in [0.1, 0.15) is 47.1 Å². The first-order valence-corrected chi connectivity index (χ1v) is 10.1. The number of ether oxygens (including phenoxy) is 2. The monoisotopic (exact) mass is 416 g/mol. The summed E-state index contributed by atoms with van der Waals surface area (Å²) in [7, 11) is 0. The summed E-state index contributed by atoms with van der Waals surface area (Å²) >= 11 is 0. The number of carbonyl (C=O) groups is 2. The summed E-state index contributed by atoms with van der Waals surface area (Å²) in [5.41, 5.74) is 0.545. The van der Waals surface area contributed by atoms with Gasteiger partial charge >= 0.3 is 12.2 Å². The number of rotatable bonds is 8. The summed E-state index contributed by atoms with van der Waals surface area (Å²) in [6.07, 6.45) is 1.13. The Kier molecular flexibility index (Phi) is 9.15. The molecule has 0 heterocycles. The van der Waals surface area contributed by atoms with Crippen LogP contribution in [-0.4, -0.2) is 47.4 Å². The van der Waals surface area contributed by atoms with Crippen LogP contribution in [0.15, 0.2) is 55.1 Å². The number of hydrogen-bond donors (Lipinski definition) is 1. The molecule has 1 atom stereocenters. The predicted molar refractivity (Wildman–Crippen MR) is 120 cm³/mol. The van der Waals surface area contributed by atoms with Crippen molar-refractivity contribution in [2.45, 2.75) is 65.2 Å². The van der Waals surface area contributed by atoms with E-state index < -0.39 is 29.4 Å². The lowest BCUT2D eigenvalue weighted by Gasteiger charge is -2.31. The fraction of sp³-hybridized carbons (Fsp3) is 0.500. The largest absolute Gasteiger partial charge is 0.444 e. The Labute approximate surface area is 180 Å². The van der Waals surface area contributed by atoms with Crippen molar-refractivity contribution in [1.82, 2.24) is 10.2 Å². The molecule has 2 amide bonds. The van der Waals surface area contributed by atoms with E-state index in [2.05, 4.69) is 18.5 Å². The molecule has 30 heavy (non-hydrogen) atoms. The van der Waals surface area contributed by atoms with Gasteiger partial charge in [-0.25, -0.2) is 9.59 Å². The molecule has 1 aromatic carbocycles. The van der Waals surface area contributed by atoms with Crippen LogP contribution in [0.2, 0.25) is 0 Å². The summed E-state index contributed by atoms with van der Waals surface area (Å²) in [4.78, 5) is 26.6. The maximum Gasteiger partial charge on any atom is 0.410 e. The molecule has 0 unspecified atom stereocenters. The summed E-state index contributed by atoms with van der Waals surface area (Å²) in [6.45, 7) is 19.2. The van der Waals surface area contributed by atoms with Gasteiger partial charge in [-0.3, -0.25) is 0 Å². The fourth-order valence-corrected chi connectivity index (χ4v) is 2.63. The number of nitrogens with one attached hydrogen (secondary N) is 1. The Bertz CT molecular complexity index is 730. The van der Waals surface area contributed by atoms with Gasteiger partial charge in [0.1, 0.15) is 11.2 Å². The minimum Gasteiger partial charge on any atom is -0.444 e. The van der Waals surface area contributed by atoms with Crippen molar-refractivity contribution in [3.05, 3.63) is 60.7 Å². The number of hydrogen-bond acceptors (Lipinski definition) is 4. The highest BCUT2D eigenvalue weighted by Crippen LogP contribution is 2.16. The Morgan fingerprint density at radius 3 is 2.13 bits per heavy atom. The lowest BCUT2D eigenvalue weighted by atomic mass is 10.00. The molecule has 0 aromatic heterocycles. The van der Waals surface area contributed by atoms with E-state index in [4.69, 9.17) is 9.47 Å². The Balaban J connectivity index is 3.03. The second-order valence-electron chi connectivity index (χ2n) is 9.19. The van der Waals surface area contributed by atoms with E-state index in [0.717, 1.165) is 11.1 Å². The second-order valence-corrected chi connectivity index (χ2v) is 9.19. The number of alkyl carbamates (subject to hydrolysis) is 1. The topological polar surface area (TPSA) is 67.9 Å². The zero-order valence-electron chi connectivity index (χ0n) is 19.2. The SMILES string of the molecule is C=CCN(C[C@H](NC(=O)OC(C)(C)C)C(=C)Cc1ccccc1)C(=O)OC(C)(C)C. The minimum absolute atomic E-state index is 0.186. The summed E-state index contributed by atoms with van der Waals surface area (Å²) < 4.78 is 10.9. The van der Waals surface area contributed by atoms with E-state index in [-0.39, 0.29) is 13.1 Å². The van der Waals surface area contributed by atoms with Crippen molar-refractivity contribution in [3.8, 4) is 0 Å². The molecule has 0 saturated heterocycles. The van der Waals surface area contributed by atoms with E-state index in [0.29, 0.717) is 6.42 Å². The predicted octanol–water partition coefficient (Wildman–Crippen LogP) is 5.10. The third-order valence-electron chi connectivity index (χ3n) is 3.86. The standard InChI is InChI=1S/C24H36N2O4/c1-9-15-26(22(28)30-24(6,7)8)17-20(25-21(27)29-23(3,4)5)18(2)16-19-13-11-10-12-14-19/h9-14,20H,1-2,15-17H2,3-8H3,(H,25,27)/t20-/m0/s1. The molecule has 0 bridgehead atoms. The number of amides is 2. The summed E-state index contributed by atoms with van der Waals surface area (Å²) in [5, 5.41) is 2.86. The van der Waals surface area contributed by atoms with Crippen LogP contribution in [0, 0.1) is 0 Å². The number of carbonyl (C=O) groups excluding carboxylic acids is 2. The molecular weight excluding hydrogens is 380 g/mol. The smallest absolute Gasteiger partial charge is 0.410 e. The first-order chi connectivity index (χ1) is 13.8. The van der Waals surface area contributed by atoms with Gasteiger partial charge < -0.3 is 19.7 Å². The molecule has 0 aliphatic rings. The maximum absolute atomic E-state index is 12.7. The summed E-state index contributed by atoms with van der Waals surface area (Å²) in [6, 6.07) is 9.30. The molecule has 0 radical (unpaired) electrons. The van der Waals surface area contributed by atoms with Crippen molar-refractivity contribution in [2.24, 2.45) is 0 Å². The molecule has 0 saturated carbocycles. The van der Waals surface area contributed by atoms with Gasteiger partial charge in [0.25, 0.3) is 0 Å². The molecule has 166 valence electrons. The lowest BCUT2D eigenvalue weighted by Crippen LogP contribution is -2.49. The summed E-state index contributed by atoms with van der Waals surface area (Å²) in [5.74, 6) is 0. The zero-order valence-corrected chi connectivity index (χ0v) is 19.2. The molecule has 0 aliphatic heterocycles. The quantitative estimate of drug-likeness (QED) is 0.599. The van der Waals surface area contributed by atoms with Gasteiger partial charge in [0.2, 0.25) is 0 Å². The van der Waals surface area contributed by atoms with Crippen molar-refractivity contribution in [2.75, 3.05) is 13.1 Å². The van der Waals surface area contributed by atoms with Crippen LogP contribution in [0.25, 0.3) is 0 Å². The molecule has 1 rings (SSSR count). The first-order valence-electron chi connectivity index (χ1n) is 10.1. The molecule has 6 heteroatoms. The normalized spacial score (nSPS) is 12.5. The molecule has 1 N–H and O–H groups in total. The lowest BCUT2D eigenvalue weighted by molar-refractivity contribution is 0.0243. The maximum atomic E-state index is 12.7. The van der Waals surface area contributed by atoms with Crippen LogP contribution < -0.4 is 5.32 Å². The van der Waals surface area contributed by atoms with Crippen LogP contribution in [0.5, 0.6) is 0 Å². The van der Waals surface area contributed by atoms with Crippen molar-refractivity contribution in [3.63, 3.8) is 0 Å². The van der Waals surface area contributed by atoms with Crippen LogP contribution in [-0.2, 0) is 15.9 Å². The Morgan fingerprint density at radius 2 is 1.63 bits per heavy atom. The number of nitrogens with zero attached hydrogens (tertiary/aromatic N) is 1. The van der Waals surface area contributed by atoms with E-state index in [1.807, 2.05) is 51.1 Å². The van der Waals surface area contributed by atoms with Crippen LogP contribution in [0.4, 0.5) is 9.59 Å². The van der Waals surface area contributed by atoms with Gasteiger partial charge in [0, 0.05) is 13.1 Å². The highest BCUT2D eigenvalue weighted by molar-refractivity contribution is 5.70. The van der Waals surface area contributed by atoms with Gasteiger partial charge in [0.15, 0.2) is 0 Å². The Hall–Kier alpha value is -2.76. The highest BCUT2D eigenvalue weighted by Gasteiger charge is 2.27. The van der Waals surface area contributed by atoms with E-state index >= 15 is 0 Å². The fourth-order valence-electron chi connectivity index (χ4n) is 2.63. The van der Waals surface area contributed by atoms with Gasteiger partial charge in [0.05, 0.1) is 6.04 Å². The van der Waals surface area contributed by atoms with Gasteiger partial charge in [-0.1, -0.05) is 43.0 Å². The van der Waals surface area contributed by atoms with E-state index in [1.165, 1.54) is 4.90 Å².